The fraction of sp³-hybridized carbons (Fsp3) is 0.0455. The minimum atomic E-state index is -4.04. The third-order valence-corrected chi connectivity index (χ3v) is 9.44. The van der Waals surface area contributed by atoms with E-state index in [0.29, 0.717) is 15.1 Å². The summed E-state index contributed by atoms with van der Waals surface area (Å²) in [6, 6.07) is 22.7. The molecular formula is C22H20N3O3S2+. The van der Waals surface area contributed by atoms with Crippen molar-refractivity contribution in [2.45, 2.75) is 26.9 Å². The van der Waals surface area contributed by atoms with Gasteiger partial charge < -0.3 is 0 Å². The molecule has 0 fully saturated rings. The molecule has 0 aliphatic carbocycles. The van der Waals surface area contributed by atoms with Crippen molar-refractivity contribution in [3.05, 3.63) is 103 Å². The lowest BCUT2D eigenvalue weighted by molar-refractivity contribution is 0.383. The average Bonchev–Trinajstić information content (AvgIpc) is 2.79. The number of aromatic nitrogens is 3. The van der Waals surface area contributed by atoms with Crippen molar-refractivity contribution in [2.24, 2.45) is 0 Å². The third-order valence-electron chi connectivity index (χ3n) is 4.35. The van der Waals surface area contributed by atoms with Crippen LogP contribution in [0.3, 0.4) is 0 Å². The summed E-state index contributed by atoms with van der Waals surface area (Å²) in [5, 5.41) is 1.49. The van der Waals surface area contributed by atoms with Gasteiger partial charge in [-0.1, -0.05) is 35.9 Å². The van der Waals surface area contributed by atoms with Crippen molar-refractivity contribution in [3.63, 3.8) is 0 Å². The second kappa shape index (κ2) is 8.35. The molecule has 8 heteroatoms. The highest BCUT2D eigenvalue weighted by atomic mass is 32.3. The molecule has 0 aliphatic rings. The van der Waals surface area contributed by atoms with Crippen LogP contribution >= 0.6 is 10.3 Å². The van der Waals surface area contributed by atoms with Crippen molar-refractivity contribution >= 4 is 20.4 Å². The molecule has 0 saturated carbocycles. The first-order valence-electron chi connectivity index (χ1n) is 9.15. The van der Waals surface area contributed by atoms with E-state index in [1.807, 2.05) is 25.1 Å². The van der Waals surface area contributed by atoms with Crippen LogP contribution in [0.4, 0.5) is 0 Å². The van der Waals surface area contributed by atoms with Gasteiger partial charge in [-0.25, -0.2) is 15.0 Å². The molecule has 0 aliphatic heterocycles. The molecule has 1 N–H and O–H groups in total. The molecule has 0 radical (unpaired) electrons. The Morgan fingerprint density at radius 2 is 1.07 bits per heavy atom. The normalized spacial score (nSPS) is 12.4. The van der Waals surface area contributed by atoms with Crippen LogP contribution < -0.4 is 0 Å². The van der Waals surface area contributed by atoms with E-state index in [-0.39, 0.29) is 4.90 Å². The van der Waals surface area contributed by atoms with Gasteiger partial charge in [0, 0.05) is 18.6 Å². The summed E-state index contributed by atoms with van der Waals surface area (Å²) in [6.45, 7) is 1.90. The quantitative estimate of drug-likeness (QED) is 0.317. The van der Waals surface area contributed by atoms with Crippen molar-refractivity contribution in [3.8, 4) is 0 Å². The smallest absolute Gasteiger partial charge is 0.255 e. The summed E-state index contributed by atoms with van der Waals surface area (Å²) in [5.41, 5.74) is 0.965. The third kappa shape index (κ3) is 3.85. The second-order valence-corrected chi connectivity index (χ2v) is 10.9. The number of pyridine rings is 3. The van der Waals surface area contributed by atoms with Crippen LogP contribution in [0.15, 0.2) is 117 Å². The van der Waals surface area contributed by atoms with Gasteiger partial charge in [-0.2, -0.15) is 0 Å². The van der Waals surface area contributed by atoms with Gasteiger partial charge in [0.05, 0.1) is 0 Å². The number of nitrogens with zero attached hydrogens (tertiary/aromatic N) is 3. The number of benzene rings is 1. The van der Waals surface area contributed by atoms with Gasteiger partial charge in [-0.05, 0) is 55.5 Å². The second-order valence-electron chi connectivity index (χ2n) is 6.45. The fourth-order valence-corrected chi connectivity index (χ4v) is 7.93. The molecule has 0 bridgehead atoms. The first kappa shape index (κ1) is 20.2. The summed E-state index contributed by atoms with van der Waals surface area (Å²) in [7, 11) is -6.78. The maximum Gasteiger partial charge on any atom is 0.422 e. The van der Waals surface area contributed by atoms with Crippen LogP contribution in [0, 0.1) is 6.92 Å². The Hall–Kier alpha value is -3.07. The maximum absolute atomic E-state index is 13.4. The van der Waals surface area contributed by atoms with Crippen LogP contribution in [-0.4, -0.2) is 27.0 Å². The summed E-state index contributed by atoms with van der Waals surface area (Å²) in [4.78, 5) is 13.6. The lowest BCUT2D eigenvalue weighted by atomic mass is 10.2. The Balaban J connectivity index is 1.99. The monoisotopic (exact) mass is 438 g/mol. The van der Waals surface area contributed by atoms with Gasteiger partial charge in [0.2, 0.25) is 0 Å². The predicted molar refractivity (Wildman–Crippen MR) is 116 cm³/mol. The molecule has 0 amide bonds. The Morgan fingerprint density at radius 1 is 0.633 bits per heavy atom. The molecule has 152 valence electrons. The molecule has 6 nitrogen and oxygen atoms in total. The van der Waals surface area contributed by atoms with Crippen LogP contribution in [0.1, 0.15) is 5.56 Å². The summed E-state index contributed by atoms with van der Waals surface area (Å²) < 4.78 is 31.4. The van der Waals surface area contributed by atoms with Crippen LogP contribution in [0.5, 0.6) is 0 Å². The number of hydrogen-bond donors (Lipinski definition) is 0. The molecule has 30 heavy (non-hydrogen) atoms. The summed E-state index contributed by atoms with van der Waals surface area (Å²) in [5.74, 6) is 0. The van der Waals surface area contributed by atoms with Gasteiger partial charge in [-0.3, -0.25) is 3.63 Å². The Bertz CT molecular complexity index is 1120. The van der Waals surface area contributed by atoms with E-state index in [4.69, 9.17) is 0 Å². The Morgan fingerprint density at radius 3 is 1.43 bits per heavy atom. The maximum atomic E-state index is 13.4. The minimum absolute atomic E-state index is 0.118. The molecule has 0 spiro atoms. The number of rotatable bonds is 6. The summed E-state index contributed by atoms with van der Waals surface area (Å²) >= 11 is 0. The standard InChI is InChI=1S/C22H19N3O3S2/c1-18-11-13-19(14-12-18)30(26,27)28-29(20-8-2-5-15-23-20,21-9-3-6-16-24-21)22-10-4-7-17-25-22/h2-17H,1H3/p+1. The average molecular weight is 439 g/mol. The Kier molecular flexibility index (Phi) is 5.63. The van der Waals surface area contributed by atoms with E-state index in [1.54, 1.807) is 79.3 Å². The Labute approximate surface area is 177 Å². The highest BCUT2D eigenvalue weighted by Gasteiger charge is 2.47. The number of aryl methyl sites for hydroxylation is 1. The van der Waals surface area contributed by atoms with Gasteiger partial charge in [0.25, 0.3) is 0 Å². The first-order chi connectivity index (χ1) is 14.5. The molecule has 3 heterocycles. The van der Waals surface area contributed by atoms with E-state index >= 15 is 0 Å². The van der Waals surface area contributed by atoms with Gasteiger partial charge >= 0.3 is 10.1 Å². The zero-order chi connectivity index (χ0) is 21.0. The molecule has 0 unspecified atom stereocenters. The lowest BCUT2D eigenvalue weighted by Gasteiger charge is -2.31. The van der Waals surface area contributed by atoms with E-state index in [2.05, 4.69) is 18.6 Å². The van der Waals surface area contributed by atoms with Crippen LogP contribution in [0.2, 0.25) is 0 Å². The molecule has 0 saturated heterocycles. The zero-order valence-corrected chi connectivity index (χ0v) is 17.8. The van der Waals surface area contributed by atoms with Gasteiger partial charge in [0.15, 0.2) is 15.1 Å². The van der Waals surface area contributed by atoms with E-state index in [1.165, 1.54) is 0 Å². The molecule has 3 aromatic heterocycles. The van der Waals surface area contributed by atoms with E-state index in [0.717, 1.165) is 5.56 Å². The predicted octanol–water partition coefficient (Wildman–Crippen LogP) is 4.86. The van der Waals surface area contributed by atoms with E-state index in [9.17, 15) is 8.42 Å². The molecule has 1 aromatic carbocycles. The summed E-state index contributed by atoms with van der Waals surface area (Å²) in [6.07, 6.45) is 4.87. The molecule has 0 atom stereocenters. The van der Waals surface area contributed by atoms with Crippen molar-refractivity contribution in [2.75, 3.05) is 0 Å². The number of hydrogen-bond acceptors (Lipinski definition) is 5. The van der Waals surface area contributed by atoms with Crippen molar-refractivity contribution in [1.82, 2.24) is 15.0 Å². The van der Waals surface area contributed by atoms with E-state index < -0.39 is 20.4 Å². The van der Waals surface area contributed by atoms with Gasteiger partial charge in [0.1, 0.15) is 15.2 Å². The SMILES string of the molecule is Cc1ccc(S(=O)(=O)[OH+]S(c2ccccn2)(c2ccccn2)c2ccccn2)cc1. The molecule has 4 rings (SSSR count). The highest BCUT2D eigenvalue weighted by molar-refractivity contribution is 8.32. The van der Waals surface area contributed by atoms with Crippen molar-refractivity contribution in [1.29, 1.82) is 0 Å². The topological polar surface area (TPSA) is 85.6 Å². The lowest BCUT2D eigenvalue weighted by Crippen LogP contribution is -2.20. The highest BCUT2D eigenvalue weighted by Crippen LogP contribution is 2.66. The van der Waals surface area contributed by atoms with Gasteiger partial charge in [-0.15, -0.1) is 8.42 Å². The first-order valence-corrected chi connectivity index (χ1v) is 12.2. The molecular weight excluding hydrogens is 418 g/mol. The fourth-order valence-electron chi connectivity index (χ4n) is 2.90. The van der Waals surface area contributed by atoms with Crippen molar-refractivity contribution < 1.29 is 12.0 Å². The van der Waals surface area contributed by atoms with Crippen LogP contribution in [0.25, 0.3) is 0 Å². The molecule has 4 aromatic rings. The minimum Gasteiger partial charge on any atom is -0.255 e. The van der Waals surface area contributed by atoms with Crippen LogP contribution in [-0.2, 0) is 10.1 Å². The largest absolute Gasteiger partial charge is 0.422 e. The zero-order valence-electron chi connectivity index (χ0n) is 16.2.